The number of aliphatic hydroxyl groups excluding tert-OH is 1. The number of thiophene rings is 1. The van der Waals surface area contributed by atoms with Crippen LogP contribution in [0.3, 0.4) is 0 Å². The molecule has 0 aromatic carbocycles. The summed E-state index contributed by atoms with van der Waals surface area (Å²) in [6, 6.07) is 0. The molecule has 3 atom stereocenters. The molecule has 1 aliphatic rings. The quantitative estimate of drug-likeness (QED) is 0.825. The second-order valence-electron chi connectivity index (χ2n) is 5.16. The fraction of sp³-hybridized carbons (Fsp3) is 0.714. The molecule has 0 saturated heterocycles. The van der Waals surface area contributed by atoms with Gasteiger partial charge in [-0.05, 0) is 36.1 Å². The Morgan fingerprint density at radius 2 is 2.18 bits per heavy atom. The molecular weight excluding hydrogens is 252 g/mol. The minimum Gasteiger partial charge on any atom is -0.387 e. The maximum Gasteiger partial charge on any atom is 0.0927 e. The van der Waals surface area contributed by atoms with Crippen molar-refractivity contribution in [3.8, 4) is 0 Å². The number of hydrogen-bond donors (Lipinski definition) is 1. The average Bonchev–Trinajstić information content (AvgIpc) is 2.69. The lowest BCUT2D eigenvalue weighted by atomic mass is 9.74. The Morgan fingerprint density at radius 1 is 1.47 bits per heavy atom. The maximum absolute atomic E-state index is 10.6. The van der Waals surface area contributed by atoms with Crippen LogP contribution >= 0.6 is 22.9 Å². The normalized spacial score (nSPS) is 27.1. The molecule has 1 heterocycles. The first kappa shape index (κ1) is 13.4. The average molecular weight is 273 g/mol. The standard InChI is InChI=1S/C14H21ClOS/c1-3-10-6-4-5-7-11(10)13(16)14-12(15)9(2)8-17-14/h8,10-11,13,16H,3-7H2,1-2H3. The minimum absolute atomic E-state index is 0.355. The summed E-state index contributed by atoms with van der Waals surface area (Å²) in [5, 5.41) is 13.4. The molecule has 0 aliphatic heterocycles. The van der Waals surface area contributed by atoms with E-state index in [0.717, 1.165) is 21.9 Å². The van der Waals surface area contributed by atoms with Gasteiger partial charge in [0.05, 0.1) is 16.0 Å². The van der Waals surface area contributed by atoms with E-state index in [2.05, 4.69) is 6.92 Å². The molecule has 1 aliphatic carbocycles. The highest BCUT2D eigenvalue weighted by molar-refractivity contribution is 7.10. The van der Waals surface area contributed by atoms with E-state index in [1.807, 2.05) is 12.3 Å². The van der Waals surface area contributed by atoms with E-state index in [1.54, 1.807) is 11.3 Å². The summed E-state index contributed by atoms with van der Waals surface area (Å²) >= 11 is 7.87. The van der Waals surface area contributed by atoms with Crippen molar-refractivity contribution in [2.24, 2.45) is 11.8 Å². The van der Waals surface area contributed by atoms with Crippen molar-refractivity contribution in [1.29, 1.82) is 0 Å². The van der Waals surface area contributed by atoms with E-state index < -0.39 is 0 Å². The molecule has 17 heavy (non-hydrogen) atoms. The molecule has 1 fully saturated rings. The molecule has 0 bridgehead atoms. The zero-order valence-electron chi connectivity index (χ0n) is 10.6. The van der Waals surface area contributed by atoms with Gasteiger partial charge in [0.1, 0.15) is 0 Å². The summed E-state index contributed by atoms with van der Waals surface area (Å²) in [6.07, 6.45) is 5.79. The van der Waals surface area contributed by atoms with Gasteiger partial charge in [-0.1, -0.05) is 44.2 Å². The third kappa shape index (κ3) is 2.69. The SMILES string of the molecule is CCC1CCCCC1C(O)c1scc(C)c1Cl. The van der Waals surface area contributed by atoms with Gasteiger partial charge in [-0.2, -0.15) is 0 Å². The topological polar surface area (TPSA) is 20.2 Å². The van der Waals surface area contributed by atoms with E-state index >= 15 is 0 Å². The summed E-state index contributed by atoms with van der Waals surface area (Å²) in [4.78, 5) is 0.981. The van der Waals surface area contributed by atoms with Crippen LogP contribution in [0.2, 0.25) is 5.02 Å². The van der Waals surface area contributed by atoms with Gasteiger partial charge in [-0.25, -0.2) is 0 Å². The Bertz CT molecular complexity index is 374. The highest BCUT2D eigenvalue weighted by Crippen LogP contribution is 2.44. The lowest BCUT2D eigenvalue weighted by molar-refractivity contribution is 0.0478. The van der Waals surface area contributed by atoms with Crippen LogP contribution in [-0.2, 0) is 0 Å². The van der Waals surface area contributed by atoms with Crippen LogP contribution in [0.25, 0.3) is 0 Å². The molecule has 1 aromatic heterocycles. The van der Waals surface area contributed by atoms with Gasteiger partial charge in [0, 0.05) is 0 Å². The summed E-state index contributed by atoms with van der Waals surface area (Å²) in [6.45, 7) is 4.24. The number of hydrogen-bond acceptors (Lipinski definition) is 2. The first-order valence-electron chi connectivity index (χ1n) is 6.56. The minimum atomic E-state index is -0.355. The number of aryl methyl sites for hydroxylation is 1. The molecule has 1 aromatic rings. The summed E-state index contributed by atoms with van der Waals surface area (Å²) in [7, 11) is 0. The molecule has 3 heteroatoms. The van der Waals surface area contributed by atoms with E-state index in [4.69, 9.17) is 11.6 Å². The van der Waals surface area contributed by atoms with E-state index in [-0.39, 0.29) is 6.10 Å². The first-order chi connectivity index (χ1) is 8.15. The number of rotatable bonds is 3. The molecule has 96 valence electrons. The Hall–Kier alpha value is -0.0500. The van der Waals surface area contributed by atoms with Gasteiger partial charge in [0.2, 0.25) is 0 Å². The second-order valence-corrected chi connectivity index (χ2v) is 6.45. The first-order valence-corrected chi connectivity index (χ1v) is 7.82. The molecule has 1 N–H and O–H groups in total. The van der Waals surface area contributed by atoms with Crippen molar-refractivity contribution in [1.82, 2.24) is 0 Å². The fourth-order valence-electron chi connectivity index (χ4n) is 3.00. The van der Waals surface area contributed by atoms with Gasteiger partial charge in [-0.3, -0.25) is 0 Å². The zero-order valence-corrected chi connectivity index (χ0v) is 12.2. The predicted molar refractivity (Wildman–Crippen MR) is 74.8 cm³/mol. The van der Waals surface area contributed by atoms with E-state index in [9.17, 15) is 5.11 Å². The molecule has 3 unspecified atom stereocenters. The third-order valence-corrected chi connectivity index (χ3v) is 5.88. The number of aliphatic hydroxyl groups is 1. The lowest BCUT2D eigenvalue weighted by Crippen LogP contribution is -2.25. The van der Waals surface area contributed by atoms with Crippen molar-refractivity contribution in [2.45, 2.75) is 52.1 Å². The second kappa shape index (κ2) is 5.73. The van der Waals surface area contributed by atoms with Crippen molar-refractivity contribution in [2.75, 3.05) is 0 Å². The van der Waals surface area contributed by atoms with Crippen LogP contribution in [0.5, 0.6) is 0 Å². The van der Waals surface area contributed by atoms with Crippen LogP contribution in [0.15, 0.2) is 5.38 Å². The highest BCUT2D eigenvalue weighted by atomic mass is 35.5. The van der Waals surface area contributed by atoms with Crippen molar-refractivity contribution >= 4 is 22.9 Å². The maximum atomic E-state index is 10.6. The zero-order chi connectivity index (χ0) is 12.4. The molecule has 0 amide bonds. The Labute approximate surface area is 113 Å². The van der Waals surface area contributed by atoms with Crippen LogP contribution < -0.4 is 0 Å². The highest BCUT2D eigenvalue weighted by Gasteiger charge is 2.32. The molecule has 0 spiro atoms. The van der Waals surface area contributed by atoms with Gasteiger partial charge < -0.3 is 5.11 Å². The van der Waals surface area contributed by atoms with Gasteiger partial charge in [0.15, 0.2) is 0 Å². The monoisotopic (exact) mass is 272 g/mol. The van der Waals surface area contributed by atoms with Crippen LogP contribution in [0.4, 0.5) is 0 Å². The van der Waals surface area contributed by atoms with Crippen molar-refractivity contribution < 1.29 is 5.11 Å². The molecule has 1 saturated carbocycles. The molecule has 1 nitrogen and oxygen atoms in total. The van der Waals surface area contributed by atoms with Gasteiger partial charge >= 0.3 is 0 Å². The Kier molecular flexibility index (Phi) is 4.51. The lowest BCUT2D eigenvalue weighted by Gasteiger charge is -2.34. The fourth-order valence-corrected chi connectivity index (χ4v) is 4.37. The third-order valence-electron chi connectivity index (χ3n) is 4.09. The smallest absolute Gasteiger partial charge is 0.0927 e. The van der Waals surface area contributed by atoms with Crippen LogP contribution in [0, 0.1) is 18.8 Å². The predicted octanol–water partition coefficient (Wildman–Crippen LogP) is 4.96. The Morgan fingerprint density at radius 3 is 2.76 bits per heavy atom. The summed E-state index contributed by atoms with van der Waals surface area (Å²) < 4.78 is 0. The summed E-state index contributed by atoms with van der Waals surface area (Å²) in [5.41, 5.74) is 1.09. The van der Waals surface area contributed by atoms with E-state index in [1.165, 1.54) is 25.7 Å². The molecule has 2 rings (SSSR count). The van der Waals surface area contributed by atoms with Crippen LogP contribution in [0.1, 0.15) is 55.6 Å². The summed E-state index contributed by atoms with van der Waals surface area (Å²) in [5.74, 6) is 1.07. The Balaban J connectivity index is 2.18. The van der Waals surface area contributed by atoms with Gasteiger partial charge in [-0.15, -0.1) is 11.3 Å². The van der Waals surface area contributed by atoms with Crippen molar-refractivity contribution in [3.05, 3.63) is 20.8 Å². The van der Waals surface area contributed by atoms with Crippen molar-refractivity contribution in [3.63, 3.8) is 0 Å². The van der Waals surface area contributed by atoms with Crippen LogP contribution in [-0.4, -0.2) is 5.11 Å². The van der Waals surface area contributed by atoms with Gasteiger partial charge in [0.25, 0.3) is 0 Å². The molecular formula is C14H21ClOS. The largest absolute Gasteiger partial charge is 0.387 e. The molecule has 0 radical (unpaired) electrons. The number of halogens is 1. The van der Waals surface area contributed by atoms with E-state index in [0.29, 0.717) is 11.8 Å².